The molecule has 1 fully saturated rings. The number of hydrogen-bond acceptors (Lipinski definition) is 6. The summed E-state index contributed by atoms with van der Waals surface area (Å²) in [5.74, 6) is -1.29. The molecule has 1 aromatic heterocycles. The van der Waals surface area contributed by atoms with Crippen LogP contribution < -0.4 is 10.6 Å². The van der Waals surface area contributed by atoms with E-state index in [1.54, 1.807) is 13.0 Å². The number of anilines is 1. The fourth-order valence-corrected chi connectivity index (χ4v) is 5.14. The van der Waals surface area contributed by atoms with E-state index >= 15 is 0 Å². The number of Topliss-reactive ketones (excluding diaryl/α,β-unsaturated/α-hetero) is 1. The Morgan fingerprint density at radius 2 is 1.69 bits per heavy atom. The maximum atomic E-state index is 13.3. The summed E-state index contributed by atoms with van der Waals surface area (Å²) in [6, 6.07) is 21.8. The third kappa shape index (κ3) is 4.14. The van der Waals surface area contributed by atoms with E-state index in [9.17, 15) is 19.2 Å². The van der Waals surface area contributed by atoms with Crippen molar-refractivity contribution in [3.63, 3.8) is 0 Å². The molecule has 1 aliphatic heterocycles. The van der Waals surface area contributed by atoms with Crippen molar-refractivity contribution >= 4 is 50.9 Å². The molecule has 1 aliphatic rings. The number of aromatic nitrogens is 1. The number of fused-ring (bicyclic) bond motifs is 1. The van der Waals surface area contributed by atoms with Gasteiger partial charge in [0.1, 0.15) is 12.1 Å². The van der Waals surface area contributed by atoms with Gasteiger partial charge in [-0.15, -0.1) is 0 Å². The molecule has 1 atom stereocenters. The van der Waals surface area contributed by atoms with Crippen molar-refractivity contribution < 1.29 is 19.2 Å². The van der Waals surface area contributed by atoms with Crippen molar-refractivity contribution in [1.82, 2.24) is 15.2 Å². The van der Waals surface area contributed by atoms with Crippen LogP contribution in [-0.4, -0.2) is 40.1 Å². The Kier molecular flexibility index (Phi) is 5.85. The minimum Gasteiger partial charge on any atom is -0.319 e. The lowest BCUT2D eigenvalue weighted by Crippen LogP contribution is -2.42. The van der Waals surface area contributed by atoms with Crippen LogP contribution in [0, 0.1) is 0 Å². The van der Waals surface area contributed by atoms with Gasteiger partial charge in [0.25, 0.3) is 5.91 Å². The third-order valence-corrected chi connectivity index (χ3v) is 7.22. The number of nitrogens with one attached hydrogen (secondary N) is 2. The summed E-state index contributed by atoms with van der Waals surface area (Å²) >= 11 is 1.05. The number of carbonyl (C=O) groups excluding carboxylic acids is 4. The van der Waals surface area contributed by atoms with E-state index in [-0.39, 0.29) is 10.9 Å². The summed E-state index contributed by atoms with van der Waals surface area (Å²) in [6.45, 7) is 2.58. The molecule has 3 aromatic carbocycles. The molecule has 9 heteroatoms. The van der Waals surface area contributed by atoms with Crippen LogP contribution in [0.4, 0.5) is 9.93 Å². The quantitative estimate of drug-likeness (QED) is 0.299. The van der Waals surface area contributed by atoms with E-state index in [1.165, 1.54) is 6.92 Å². The maximum Gasteiger partial charge on any atom is 0.325 e. The van der Waals surface area contributed by atoms with Crippen molar-refractivity contribution in [2.75, 3.05) is 11.9 Å². The standard InChI is InChI=1S/C27H22N4O4S/c1-16(32)23-22(18-9-4-3-5-10-18)29-25(36-23)28-21(33)15-31-24(34)27(2,30-26(31)35)20-13-12-17-8-6-7-11-19(17)14-20/h3-14H,15H2,1-2H3,(H,30,35)(H,28,29,33). The van der Waals surface area contributed by atoms with E-state index in [0.29, 0.717) is 16.1 Å². The van der Waals surface area contributed by atoms with Gasteiger partial charge in [0.15, 0.2) is 10.9 Å². The Balaban J connectivity index is 1.35. The smallest absolute Gasteiger partial charge is 0.319 e. The zero-order valence-corrected chi connectivity index (χ0v) is 20.4. The van der Waals surface area contributed by atoms with Crippen LogP contribution in [0.1, 0.15) is 29.1 Å². The zero-order chi connectivity index (χ0) is 25.4. The number of nitrogens with zero attached hydrogens (tertiary/aromatic N) is 2. The van der Waals surface area contributed by atoms with Gasteiger partial charge < -0.3 is 10.6 Å². The number of thiazole rings is 1. The molecule has 1 unspecified atom stereocenters. The van der Waals surface area contributed by atoms with Gasteiger partial charge in [0.2, 0.25) is 5.91 Å². The average Bonchev–Trinajstić information content (AvgIpc) is 3.39. The van der Waals surface area contributed by atoms with Crippen LogP contribution in [0.2, 0.25) is 0 Å². The molecule has 0 aliphatic carbocycles. The molecular weight excluding hydrogens is 476 g/mol. The summed E-state index contributed by atoms with van der Waals surface area (Å²) in [7, 11) is 0. The molecule has 4 amide bonds. The third-order valence-electron chi connectivity index (χ3n) is 6.14. The van der Waals surface area contributed by atoms with Crippen LogP contribution in [0.25, 0.3) is 22.0 Å². The Morgan fingerprint density at radius 3 is 2.42 bits per heavy atom. The van der Waals surface area contributed by atoms with Gasteiger partial charge in [-0.25, -0.2) is 9.78 Å². The summed E-state index contributed by atoms with van der Waals surface area (Å²) in [6.07, 6.45) is 0. The van der Waals surface area contributed by atoms with Gasteiger partial charge >= 0.3 is 6.03 Å². The average molecular weight is 499 g/mol. The highest BCUT2D eigenvalue weighted by molar-refractivity contribution is 7.18. The summed E-state index contributed by atoms with van der Waals surface area (Å²) in [4.78, 5) is 56.7. The monoisotopic (exact) mass is 498 g/mol. The Labute approximate surface area is 211 Å². The van der Waals surface area contributed by atoms with E-state index < -0.39 is 29.9 Å². The number of hydrogen-bond donors (Lipinski definition) is 2. The number of urea groups is 1. The predicted molar refractivity (Wildman–Crippen MR) is 138 cm³/mol. The molecule has 8 nitrogen and oxygen atoms in total. The Bertz CT molecular complexity index is 1530. The van der Waals surface area contributed by atoms with E-state index in [4.69, 9.17) is 0 Å². The molecule has 0 radical (unpaired) electrons. The highest BCUT2D eigenvalue weighted by atomic mass is 32.1. The number of rotatable bonds is 6. The number of amides is 4. The molecule has 180 valence electrons. The first-order valence-corrected chi connectivity index (χ1v) is 12.1. The summed E-state index contributed by atoms with van der Waals surface area (Å²) in [5.41, 5.74) is 0.549. The highest BCUT2D eigenvalue weighted by Crippen LogP contribution is 2.33. The molecule has 36 heavy (non-hydrogen) atoms. The largest absolute Gasteiger partial charge is 0.325 e. The molecule has 2 N–H and O–H groups in total. The fourth-order valence-electron chi connectivity index (χ4n) is 4.24. The van der Waals surface area contributed by atoms with Crippen molar-refractivity contribution in [1.29, 1.82) is 0 Å². The second kappa shape index (κ2) is 9.01. The van der Waals surface area contributed by atoms with Crippen LogP contribution in [0.5, 0.6) is 0 Å². The predicted octanol–water partition coefficient (Wildman–Crippen LogP) is 4.57. The van der Waals surface area contributed by atoms with Gasteiger partial charge in [-0.1, -0.05) is 78.1 Å². The molecule has 0 saturated carbocycles. The first-order valence-electron chi connectivity index (χ1n) is 11.3. The van der Waals surface area contributed by atoms with E-state index in [0.717, 1.165) is 32.6 Å². The number of imide groups is 1. The van der Waals surface area contributed by atoms with Crippen LogP contribution in [0.15, 0.2) is 72.8 Å². The second-order valence-corrected chi connectivity index (χ2v) is 9.67. The van der Waals surface area contributed by atoms with Gasteiger partial charge in [-0.2, -0.15) is 0 Å². The van der Waals surface area contributed by atoms with Gasteiger partial charge in [-0.05, 0) is 29.3 Å². The van der Waals surface area contributed by atoms with Crippen LogP contribution in [0.3, 0.4) is 0 Å². The first kappa shape index (κ1) is 23.4. The first-order chi connectivity index (χ1) is 17.3. The molecule has 1 saturated heterocycles. The van der Waals surface area contributed by atoms with Crippen molar-refractivity contribution in [3.8, 4) is 11.3 Å². The van der Waals surface area contributed by atoms with Crippen molar-refractivity contribution in [2.45, 2.75) is 19.4 Å². The normalized spacial score (nSPS) is 17.3. The summed E-state index contributed by atoms with van der Waals surface area (Å²) < 4.78 is 0. The molecule has 0 spiro atoms. The van der Waals surface area contributed by atoms with Gasteiger partial charge in [-0.3, -0.25) is 19.3 Å². The molecule has 5 rings (SSSR count). The van der Waals surface area contributed by atoms with E-state index in [1.807, 2.05) is 66.7 Å². The van der Waals surface area contributed by atoms with Crippen molar-refractivity contribution in [3.05, 3.63) is 83.2 Å². The molecule has 0 bridgehead atoms. The van der Waals surface area contributed by atoms with Crippen LogP contribution in [-0.2, 0) is 15.1 Å². The fraction of sp³-hybridized carbons (Fsp3) is 0.148. The lowest BCUT2D eigenvalue weighted by Gasteiger charge is -2.22. The zero-order valence-electron chi connectivity index (χ0n) is 19.6. The molecular formula is C27H22N4O4S. The second-order valence-electron chi connectivity index (χ2n) is 8.68. The lowest BCUT2D eigenvalue weighted by atomic mass is 9.90. The lowest BCUT2D eigenvalue weighted by molar-refractivity contribution is -0.133. The Hall–Kier alpha value is -4.37. The maximum absolute atomic E-state index is 13.3. The molecule has 2 heterocycles. The van der Waals surface area contributed by atoms with Crippen molar-refractivity contribution in [2.24, 2.45) is 0 Å². The minimum atomic E-state index is -1.30. The van der Waals surface area contributed by atoms with Crippen LogP contribution >= 0.6 is 11.3 Å². The number of ketones is 1. The topological polar surface area (TPSA) is 108 Å². The van der Waals surface area contributed by atoms with Gasteiger partial charge in [0, 0.05) is 12.5 Å². The molecule has 4 aromatic rings. The van der Waals surface area contributed by atoms with E-state index in [2.05, 4.69) is 15.6 Å². The number of benzene rings is 3. The SMILES string of the molecule is CC(=O)c1sc(NC(=O)CN2C(=O)NC(C)(c3ccc4ccccc4c3)C2=O)nc1-c1ccccc1. The van der Waals surface area contributed by atoms with Gasteiger partial charge in [0.05, 0.1) is 10.6 Å². The Morgan fingerprint density at radius 1 is 1.00 bits per heavy atom. The number of carbonyl (C=O) groups is 4. The highest BCUT2D eigenvalue weighted by Gasteiger charge is 2.49. The summed E-state index contributed by atoms with van der Waals surface area (Å²) in [5, 5.41) is 7.53. The minimum absolute atomic E-state index is 0.174.